The number of para-hydroxylation sites is 1. The maximum Gasteiger partial charge on any atom is 0.123 e. The van der Waals surface area contributed by atoms with Crippen LogP contribution in [0.3, 0.4) is 0 Å². The first kappa shape index (κ1) is 13.4. The van der Waals surface area contributed by atoms with Crippen molar-refractivity contribution in [3.05, 3.63) is 29.8 Å². The Morgan fingerprint density at radius 3 is 2.94 bits per heavy atom. The molecule has 2 rings (SSSR count). The second-order valence-electron chi connectivity index (χ2n) is 5.38. The van der Waals surface area contributed by atoms with Crippen molar-refractivity contribution in [2.45, 2.75) is 32.9 Å². The molecule has 1 aliphatic heterocycles. The van der Waals surface area contributed by atoms with Gasteiger partial charge in [-0.3, -0.25) is 0 Å². The Kier molecular flexibility index (Phi) is 5.02. The highest BCUT2D eigenvalue weighted by Crippen LogP contribution is 2.19. The summed E-state index contributed by atoms with van der Waals surface area (Å²) in [4.78, 5) is 0. The van der Waals surface area contributed by atoms with Crippen molar-refractivity contribution in [2.24, 2.45) is 5.92 Å². The van der Waals surface area contributed by atoms with E-state index in [2.05, 4.69) is 42.7 Å². The third kappa shape index (κ3) is 4.00. The number of rotatable bonds is 6. The van der Waals surface area contributed by atoms with Gasteiger partial charge in [-0.1, -0.05) is 32.0 Å². The van der Waals surface area contributed by atoms with Gasteiger partial charge in [0.05, 0.1) is 6.61 Å². The Labute approximate surface area is 110 Å². The molecule has 0 radical (unpaired) electrons. The van der Waals surface area contributed by atoms with Crippen molar-refractivity contribution >= 4 is 0 Å². The first-order valence-electron chi connectivity index (χ1n) is 6.90. The number of hydrogen-bond acceptors (Lipinski definition) is 3. The monoisotopic (exact) mass is 248 g/mol. The quantitative estimate of drug-likeness (QED) is 0.809. The van der Waals surface area contributed by atoms with E-state index in [1.165, 1.54) is 12.0 Å². The van der Waals surface area contributed by atoms with Crippen LogP contribution in [-0.4, -0.2) is 25.7 Å². The molecule has 18 heavy (non-hydrogen) atoms. The van der Waals surface area contributed by atoms with Crippen LogP contribution in [0.2, 0.25) is 0 Å². The lowest BCUT2D eigenvalue weighted by Crippen LogP contribution is -2.30. The van der Waals surface area contributed by atoms with E-state index >= 15 is 0 Å². The molecule has 1 heterocycles. The molecule has 0 aromatic heterocycles. The van der Waals surface area contributed by atoms with E-state index in [1.807, 2.05) is 6.07 Å². The van der Waals surface area contributed by atoms with E-state index in [1.54, 1.807) is 0 Å². The van der Waals surface area contributed by atoms with Gasteiger partial charge in [0.1, 0.15) is 5.75 Å². The molecule has 1 fully saturated rings. The van der Waals surface area contributed by atoms with Crippen LogP contribution in [0.15, 0.2) is 24.3 Å². The van der Waals surface area contributed by atoms with Gasteiger partial charge in [-0.15, -0.1) is 0 Å². The van der Waals surface area contributed by atoms with Gasteiger partial charge in [0.25, 0.3) is 0 Å². The Balaban J connectivity index is 1.89. The minimum Gasteiger partial charge on any atom is -0.493 e. The Bertz CT molecular complexity index is 359. The molecular formula is C15H24N2O. The SMILES string of the molecule is CC(C)COc1ccccc1CNC1CCNC1. The van der Waals surface area contributed by atoms with Crippen molar-refractivity contribution in [2.75, 3.05) is 19.7 Å². The summed E-state index contributed by atoms with van der Waals surface area (Å²) in [6.07, 6.45) is 1.22. The van der Waals surface area contributed by atoms with Gasteiger partial charge in [-0.25, -0.2) is 0 Å². The molecule has 1 saturated heterocycles. The van der Waals surface area contributed by atoms with E-state index in [0.29, 0.717) is 12.0 Å². The molecule has 0 saturated carbocycles. The van der Waals surface area contributed by atoms with Crippen molar-refractivity contribution < 1.29 is 4.74 Å². The zero-order valence-electron chi connectivity index (χ0n) is 11.4. The van der Waals surface area contributed by atoms with Gasteiger partial charge in [0.15, 0.2) is 0 Å². The molecule has 1 atom stereocenters. The van der Waals surface area contributed by atoms with Crippen LogP contribution in [0.25, 0.3) is 0 Å². The molecule has 0 bridgehead atoms. The second-order valence-corrected chi connectivity index (χ2v) is 5.38. The smallest absolute Gasteiger partial charge is 0.123 e. The van der Waals surface area contributed by atoms with Crippen LogP contribution in [0.1, 0.15) is 25.8 Å². The zero-order valence-corrected chi connectivity index (χ0v) is 11.4. The molecule has 1 aromatic carbocycles. The molecule has 3 nitrogen and oxygen atoms in total. The first-order valence-corrected chi connectivity index (χ1v) is 6.90. The fourth-order valence-electron chi connectivity index (χ4n) is 2.13. The number of ether oxygens (including phenoxy) is 1. The van der Waals surface area contributed by atoms with Gasteiger partial charge in [0.2, 0.25) is 0 Å². The average Bonchev–Trinajstić information content (AvgIpc) is 2.88. The molecule has 3 heteroatoms. The highest BCUT2D eigenvalue weighted by atomic mass is 16.5. The minimum absolute atomic E-state index is 0.560. The zero-order chi connectivity index (χ0) is 12.8. The Hall–Kier alpha value is -1.06. The van der Waals surface area contributed by atoms with Gasteiger partial charge >= 0.3 is 0 Å². The van der Waals surface area contributed by atoms with E-state index < -0.39 is 0 Å². The predicted molar refractivity (Wildman–Crippen MR) is 74.9 cm³/mol. The number of benzene rings is 1. The topological polar surface area (TPSA) is 33.3 Å². The van der Waals surface area contributed by atoms with E-state index in [-0.39, 0.29) is 0 Å². The fourth-order valence-corrected chi connectivity index (χ4v) is 2.13. The maximum absolute atomic E-state index is 5.86. The molecule has 1 aromatic rings. The van der Waals surface area contributed by atoms with Crippen LogP contribution in [0, 0.1) is 5.92 Å². The first-order chi connectivity index (χ1) is 8.75. The fraction of sp³-hybridized carbons (Fsp3) is 0.600. The summed E-state index contributed by atoms with van der Waals surface area (Å²) in [5, 5.41) is 6.95. The summed E-state index contributed by atoms with van der Waals surface area (Å²) < 4.78 is 5.86. The summed E-state index contributed by atoms with van der Waals surface area (Å²) in [6.45, 7) is 8.22. The highest BCUT2D eigenvalue weighted by molar-refractivity contribution is 5.33. The molecule has 2 N–H and O–H groups in total. The average molecular weight is 248 g/mol. The van der Waals surface area contributed by atoms with Gasteiger partial charge in [-0.2, -0.15) is 0 Å². The van der Waals surface area contributed by atoms with E-state index in [4.69, 9.17) is 4.74 Å². The molecule has 1 aliphatic rings. The summed E-state index contributed by atoms with van der Waals surface area (Å²) in [5.74, 6) is 1.58. The Morgan fingerprint density at radius 1 is 1.39 bits per heavy atom. The van der Waals surface area contributed by atoms with E-state index in [9.17, 15) is 0 Å². The van der Waals surface area contributed by atoms with Gasteiger partial charge in [-0.05, 0) is 24.9 Å². The lowest BCUT2D eigenvalue weighted by molar-refractivity contribution is 0.267. The molecule has 1 unspecified atom stereocenters. The summed E-state index contributed by atoms with van der Waals surface area (Å²) in [7, 11) is 0. The van der Waals surface area contributed by atoms with E-state index in [0.717, 1.165) is 32.0 Å². The van der Waals surface area contributed by atoms with Gasteiger partial charge in [0, 0.05) is 24.7 Å². The van der Waals surface area contributed by atoms with Gasteiger partial charge < -0.3 is 15.4 Å². The van der Waals surface area contributed by atoms with Crippen molar-refractivity contribution in [3.63, 3.8) is 0 Å². The normalized spacial score (nSPS) is 19.4. The van der Waals surface area contributed by atoms with Crippen LogP contribution < -0.4 is 15.4 Å². The summed E-state index contributed by atoms with van der Waals surface area (Å²) >= 11 is 0. The third-order valence-corrected chi connectivity index (χ3v) is 3.19. The van der Waals surface area contributed by atoms with Crippen molar-refractivity contribution in [1.82, 2.24) is 10.6 Å². The summed E-state index contributed by atoms with van der Waals surface area (Å²) in [5.41, 5.74) is 1.25. The predicted octanol–water partition coefficient (Wildman–Crippen LogP) is 2.17. The molecular weight excluding hydrogens is 224 g/mol. The van der Waals surface area contributed by atoms with Crippen LogP contribution >= 0.6 is 0 Å². The maximum atomic E-state index is 5.86. The molecule has 0 aliphatic carbocycles. The second kappa shape index (κ2) is 6.76. The van der Waals surface area contributed by atoms with Crippen molar-refractivity contribution in [3.8, 4) is 5.75 Å². The highest BCUT2D eigenvalue weighted by Gasteiger charge is 2.14. The van der Waals surface area contributed by atoms with Crippen molar-refractivity contribution in [1.29, 1.82) is 0 Å². The molecule has 0 amide bonds. The molecule has 100 valence electrons. The third-order valence-electron chi connectivity index (χ3n) is 3.19. The van der Waals surface area contributed by atoms with Crippen LogP contribution in [-0.2, 0) is 6.54 Å². The Morgan fingerprint density at radius 2 is 2.22 bits per heavy atom. The van der Waals surface area contributed by atoms with Crippen LogP contribution in [0.5, 0.6) is 5.75 Å². The lowest BCUT2D eigenvalue weighted by atomic mass is 10.1. The largest absolute Gasteiger partial charge is 0.493 e. The van der Waals surface area contributed by atoms with Crippen LogP contribution in [0.4, 0.5) is 0 Å². The lowest BCUT2D eigenvalue weighted by Gasteiger charge is -2.15. The number of nitrogens with one attached hydrogen (secondary N) is 2. The molecule has 0 spiro atoms. The number of hydrogen-bond donors (Lipinski definition) is 2. The standard InChI is InChI=1S/C15H24N2O/c1-12(2)11-18-15-6-4-3-5-13(15)9-17-14-7-8-16-10-14/h3-6,12,14,16-17H,7-11H2,1-2H3. The summed E-state index contributed by atoms with van der Waals surface area (Å²) in [6, 6.07) is 8.92. The minimum atomic E-state index is 0.560.